The zero-order valence-corrected chi connectivity index (χ0v) is 19.5. The zero-order valence-electron chi connectivity index (χ0n) is 19.5. The summed E-state index contributed by atoms with van der Waals surface area (Å²) in [6.07, 6.45) is 17.4. The number of carbonyl (C=O) groups is 1. The van der Waals surface area contributed by atoms with Crippen LogP contribution in [0.2, 0.25) is 0 Å². The van der Waals surface area contributed by atoms with Gasteiger partial charge in [0.15, 0.2) is 0 Å². The number of fused-ring (bicyclic) bond motifs is 5. The van der Waals surface area contributed by atoms with Crippen molar-refractivity contribution >= 4 is 12.0 Å². The predicted molar refractivity (Wildman–Crippen MR) is 126 cm³/mol. The molecule has 3 saturated carbocycles. The largest absolute Gasteiger partial charge is 0.463 e. The number of esters is 1. The second kappa shape index (κ2) is 7.94. The molecule has 0 saturated heterocycles. The Morgan fingerprint density at radius 1 is 1.00 bits per heavy atom. The number of hydrogen-bond acceptors (Lipinski definition) is 2. The van der Waals surface area contributed by atoms with Crippen LogP contribution in [0.4, 0.5) is 0 Å². The molecule has 0 aliphatic heterocycles. The number of carbonyl (C=O) groups excluding carboxylic acids is 1. The first-order valence-electron chi connectivity index (χ1n) is 12.5. The molecule has 3 fully saturated rings. The van der Waals surface area contributed by atoms with E-state index >= 15 is 0 Å². The van der Waals surface area contributed by atoms with Gasteiger partial charge in [0.05, 0.1) is 0 Å². The molecule has 1 aromatic carbocycles. The maximum Gasteiger partial charge on any atom is 0.302 e. The number of ether oxygens (including phenoxy) is 1. The lowest BCUT2D eigenvalue weighted by atomic mass is 9.44. The molecule has 7 atom stereocenters. The fraction of sp³-hybridized carbons (Fsp3) is 0.621. The summed E-state index contributed by atoms with van der Waals surface area (Å²) in [7, 11) is 0. The van der Waals surface area contributed by atoms with Crippen LogP contribution in [-0.2, 0) is 9.53 Å². The van der Waals surface area contributed by atoms with Crippen LogP contribution in [0.25, 0.3) is 6.08 Å². The van der Waals surface area contributed by atoms with Crippen molar-refractivity contribution in [3.8, 4) is 0 Å². The van der Waals surface area contributed by atoms with Crippen LogP contribution < -0.4 is 0 Å². The molecule has 5 rings (SSSR count). The van der Waals surface area contributed by atoms with Gasteiger partial charge in [0, 0.05) is 6.92 Å². The number of benzene rings is 1. The van der Waals surface area contributed by atoms with E-state index in [0.29, 0.717) is 10.8 Å². The van der Waals surface area contributed by atoms with Crippen LogP contribution in [0, 0.1) is 34.5 Å². The fourth-order valence-electron chi connectivity index (χ4n) is 8.17. The van der Waals surface area contributed by atoms with Crippen molar-refractivity contribution in [2.45, 2.75) is 78.2 Å². The highest BCUT2D eigenvalue weighted by atomic mass is 16.5. The summed E-state index contributed by atoms with van der Waals surface area (Å²) in [6.45, 7) is 6.69. The van der Waals surface area contributed by atoms with Gasteiger partial charge in [-0.05, 0) is 97.0 Å². The quantitative estimate of drug-likeness (QED) is 0.485. The van der Waals surface area contributed by atoms with Gasteiger partial charge < -0.3 is 4.74 Å². The summed E-state index contributed by atoms with van der Waals surface area (Å²) < 4.78 is 5.63. The van der Waals surface area contributed by atoms with Gasteiger partial charge in [0.2, 0.25) is 0 Å². The van der Waals surface area contributed by atoms with E-state index < -0.39 is 0 Å². The molecular weight excluding hydrogens is 380 g/mol. The van der Waals surface area contributed by atoms with Gasteiger partial charge in [-0.1, -0.05) is 62.4 Å². The molecule has 0 heterocycles. The van der Waals surface area contributed by atoms with Crippen LogP contribution in [-0.4, -0.2) is 12.1 Å². The topological polar surface area (TPSA) is 26.3 Å². The van der Waals surface area contributed by atoms with Gasteiger partial charge in [0.1, 0.15) is 6.10 Å². The SMILES string of the molecule is CC(=O)O[C@@H]1CC[C@]2(C)[C@H](CC[C@H]3[C@H]4CC=C(/C=C\c5ccccc5)[C@]4(C)CC[C@@H]32)C1. The average molecular weight is 419 g/mol. The van der Waals surface area contributed by atoms with Crippen LogP contribution >= 0.6 is 0 Å². The third-order valence-electron chi connectivity index (χ3n) is 9.85. The predicted octanol–water partition coefficient (Wildman–Crippen LogP) is 7.21. The molecule has 0 amide bonds. The molecule has 166 valence electrons. The lowest BCUT2D eigenvalue weighted by Gasteiger charge is -2.60. The van der Waals surface area contributed by atoms with E-state index in [4.69, 9.17) is 4.74 Å². The molecule has 31 heavy (non-hydrogen) atoms. The first-order chi connectivity index (χ1) is 14.9. The number of rotatable bonds is 3. The van der Waals surface area contributed by atoms with Crippen LogP contribution in [0.15, 0.2) is 48.1 Å². The van der Waals surface area contributed by atoms with Crippen molar-refractivity contribution in [3.05, 3.63) is 53.6 Å². The Hall–Kier alpha value is -1.83. The Morgan fingerprint density at radius 3 is 2.58 bits per heavy atom. The van der Waals surface area contributed by atoms with E-state index in [1.807, 2.05) is 0 Å². The maximum absolute atomic E-state index is 11.5. The lowest BCUT2D eigenvalue weighted by molar-refractivity contribution is -0.158. The Kier molecular flexibility index (Phi) is 5.39. The minimum atomic E-state index is -0.108. The molecular formula is C29H38O2. The molecule has 0 unspecified atom stereocenters. The summed E-state index contributed by atoms with van der Waals surface area (Å²) in [4.78, 5) is 11.5. The molecule has 2 nitrogen and oxygen atoms in total. The average Bonchev–Trinajstić information content (AvgIpc) is 3.09. The van der Waals surface area contributed by atoms with E-state index in [0.717, 1.165) is 36.5 Å². The monoisotopic (exact) mass is 418 g/mol. The van der Waals surface area contributed by atoms with E-state index in [9.17, 15) is 4.79 Å². The highest BCUT2D eigenvalue weighted by Crippen LogP contribution is 2.66. The third kappa shape index (κ3) is 3.60. The van der Waals surface area contributed by atoms with E-state index in [1.54, 1.807) is 12.5 Å². The number of hydrogen-bond donors (Lipinski definition) is 0. The molecule has 4 aliphatic rings. The molecule has 1 aromatic rings. The smallest absolute Gasteiger partial charge is 0.302 e. The Morgan fingerprint density at radius 2 is 1.81 bits per heavy atom. The highest BCUT2D eigenvalue weighted by Gasteiger charge is 2.58. The van der Waals surface area contributed by atoms with Crippen LogP contribution in [0.1, 0.15) is 77.7 Å². The number of allylic oxidation sites excluding steroid dienone is 3. The lowest BCUT2D eigenvalue weighted by Crippen LogP contribution is -2.53. The fourth-order valence-corrected chi connectivity index (χ4v) is 8.17. The van der Waals surface area contributed by atoms with Gasteiger partial charge in [-0.15, -0.1) is 0 Å². The Bertz CT molecular complexity index is 883. The van der Waals surface area contributed by atoms with E-state index in [2.05, 4.69) is 62.4 Å². The van der Waals surface area contributed by atoms with Crippen molar-refractivity contribution in [2.24, 2.45) is 34.5 Å². The molecule has 4 aliphatic carbocycles. The van der Waals surface area contributed by atoms with E-state index in [-0.39, 0.29) is 12.1 Å². The normalized spacial score (nSPS) is 41.8. The molecule has 0 spiro atoms. The van der Waals surface area contributed by atoms with E-state index in [1.165, 1.54) is 44.1 Å². The highest BCUT2D eigenvalue weighted by molar-refractivity contribution is 5.66. The molecule has 0 N–H and O–H groups in total. The summed E-state index contributed by atoms with van der Waals surface area (Å²) in [5.74, 6) is 3.11. The zero-order chi connectivity index (χ0) is 21.6. The molecule has 0 radical (unpaired) electrons. The van der Waals surface area contributed by atoms with Gasteiger partial charge in [-0.3, -0.25) is 4.79 Å². The van der Waals surface area contributed by atoms with Crippen molar-refractivity contribution in [3.63, 3.8) is 0 Å². The van der Waals surface area contributed by atoms with Crippen molar-refractivity contribution in [1.29, 1.82) is 0 Å². The van der Waals surface area contributed by atoms with Crippen molar-refractivity contribution in [1.82, 2.24) is 0 Å². The second-order valence-corrected chi connectivity index (χ2v) is 11.3. The molecule has 0 aromatic heterocycles. The van der Waals surface area contributed by atoms with Crippen LogP contribution in [0.3, 0.4) is 0 Å². The van der Waals surface area contributed by atoms with Gasteiger partial charge in [0.25, 0.3) is 0 Å². The minimum absolute atomic E-state index is 0.108. The minimum Gasteiger partial charge on any atom is -0.463 e. The molecule has 0 bridgehead atoms. The molecule has 2 heteroatoms. The van der Waals surface area contributed by atoms with Crippen molar-refractivity contribution in [2.75, 3.05) is 0 Å². The summed E-state index contributed by atoms with van der Waals surface area (Å²) in [5, 5.41) is 0. The van der Waals surface area contributed by atoms with Crippen molar-refractivity contribution < 1.29 is 9.53 Å². The van der Waals surface area contributed by atoms with Crippen LogP contribution in [0.5, 0.6) is 0 Å². The van der Waals surface area contributed by atoms with Gasteiger partial charge in [-0.25, -0.2) is 0 Å². The third-order valence-corrected chi connectivity index (χ3v) is 9.85. The standard InChI is InChI=1S/C29H38O2/c1-20(30)31-24-15-17-29(3)23(19-24)11-13-25-26-14-12-22(28(26,2)18-16-27(25)29)10-9-21-7-5-4-6-8-21/h4-10,12,23-27H,11,13-19H2,1-3H3/b10-9-/t23-,24-,25+,26-,27+,28+,29-/m1/s1. The second-order valence-electron chi connectivity index (χ2n) is 11.3. The van der Waals surface area contributed by atoms with Gasteiger partial charge in [-0.2, -0.15) is 0 Å². The Balaban J connectivity index is 1.32. The first-order valence-corrected chi connectivity index (χ1v) is 12.5. The van der Waals surface area contributed by atoms with Gasteiger partial charge >= 0.3 is 5.97 Å². The Labute approximate surface area is 188 Å². The summed E-state index contributed by atoms with van der Waals surface area (Å²) in [5.41, 5.74) is 3.64. The summed E-state index contributed by atoms with van der Waals surface area (Å²) in [6, 6.07) is 10.7. The first kappa shape index (κ1) is 21.0. The maximum atomic E-state index is 11.5. The summed E-state index contributed by atoms with van der Waals surface area (Å²) >= 11 is 0.